The number of nitrogens with one attached hydrogen (secondary N) is 1. The lowest BCUT2D eigenvalue weighted by Crippen LogP contribution is -2.30. The van der Waals surface area contributed by atoms with E-state index in [1.807, 2.05) is 0 Å². The third-order valence-corrected chi connectivity index (χ3v) is 5.18. The first kappa shape index (κ1) is 23.2. The Labute approximate surface area is 174 Å². The first-order valence-corrected chi connectivity index (χ1v) is 9.63. The summed E-state index contributed by atoms with van der Waals surface area (Å²) in [7, 11) is 0. The van der Waals surface area contributed by atoms with Gasteiger partial charge in [-0.1, -0.05) is 12.1 Å². The quantitative estimate of drug-likeness (QED) is 0.579. The molecule has 1 aliphatic heterocycles. The molecule has 1 fully saturated rings. The Hall–Kier alpha value is -2.42. The monoisotopic (exact) mass is 447 g/mol. The highest BCUT2D eigenvalue weighted by Gasteiger charge is 2.33. The van der Waals surface area contributed by atoms with Gasteiger partial charge in [0.15, 0.2) is 0 Å². The molecule has 0 amide bonds. The average molecular weight is 447 g/mol. The maximum Gasteiger partial charge on any atom is 0.416 e. The summed E-state index contributed by atoms with van der Waals surface area (Å²) in [6.45, 7) is 1.48. The molecule has 1 heterocycles. The van der Waals surface area contributed by atoms with Crippen LogP contribution in [0.15, 0.2) is 36.4 Å². The molecular weight excluding hydrogens is 427 g/mol. The van der Waals surface area contributed by atoms with E-state index in [0.717, 1.165) is 24.3 Å². The molecule has 0 saturated carbocycles. The maximum absolute atomic E-state index is 13.4. The third kappa shape index (κ3) is 5.84. The summed E-state index contributed by atoms with van der Waals surface area (Å²) in [5.74, 6) is -0.311. The van der Waals surface area contributed by atoms with E-state index < -0.39 is 35.7 Å². The number of carbonyl (C=O) groups is 1. The van der Waals surface area contributed by atoms with E-state index in [1.165, 1.54) is 19.1 Å². The molecule has 0 radical (unpaired) electrons. The zero-order valence-corrected chi connectivity index (χ0v) is 16.5. The molecule has 0 bridgehead atoms. The Kier molecular flexibility index (Phi) is 6.45. The van der Waals surface area contributed by atoms with Crippen LogP contribution in [0.4, 0.5) is 30.7 Å². The van der Waals surface area contributed by atoms with Crippen LogP contribution in [0.2, 0.25) is 0 Å². The first-order chi connectivity index (χ1) is 14.3. The molecule has 0 aromatic heterocycles. The number of carbonyl (C=O) groups excluding carboxylic acids is 1. The van der Waals surface area contributed by atoms with Gasteiger partial charge in [-0.2, -0.15) is 26.3 Å². The number of ketones is 1. The van der Waals surface area contributed by atoms with Crippen LogP contribution in [0, 0.1) is 6.92 Å². The van der Waals surface area contributed by atoms with Gasteiger partial charge in [-0.3, -0.25) is 4.79 Å². The number of hydrogen-bond donors (Lipinski definition) is 1. The van der Waals surface area contributed by atoms with E-state index in [2.05, 4.69) is 5.32 Å². The van der Waals surface area contributed by atoms with Gasteiger partial charge >= 0.3 is 12.4 Å². The standard InChI is InChI=1S/C22H20F7NO/c1-12-4-14(8-16(5-12)21(24,25)26)15-6-13(7-17(9-15)22(27,28)29)2-3-20(31)19-10-18(23)11-30-19/h4-9,18-19,30H,2-3,10-11H2,1H3/t18-,19-/m0/s1. The van der Waals surface area contributed by atoms with Gasteiger partial charge in [0.05, 0.1) is 17.2 Å². The van der Waals surface area contributed by atoms with E-state index in [0.29, 0.717) is 0 Å². The van der Waals surface area contributed by atoms with Crippen molar-refractivity contribution in [2.75, 3.05) is 6.54 Å². The van der Waals surface area contributed by atoms with Crippen molar-refractivity contribution in [1.29, 1.82) is 0 Å². The van der Waals surface area contributed by atoms with Crippen molar-refractivity contribution in [2.24, 2.45) is 0 Å². The fourth-order valence-electron chi connectivity index (χ4n) is 3.66. The van der Waals surface area contributed by atoms with Crippen LogP contribution < -0.4 is 5.32 Å². The van der Waals surface area contributed by atoms with E-state index in [9.17, 15) is 35.5 Å². The fourth-order valence-corrected chi connectivity index (χ4v) is 3.66. The molecular formula is C22H20F7NO. The lowest BCUT2D eigenvalue weighted by molar-refractivity contribution is -0.138. The smallest absolute Gasteiger partial charge is 0.304 e. The molecule has 168 valence electrons. The second kappa shape index (κ2) is 8.61. The minimum atomic E-state index is -4.71. The van der Waals surface area contributed by atoms with Crippen LogP contribution in [-0.4, -0.2) is 24.5 Å². The Bertz CT molecular complexity index is 965. The third-order valence-electron chi connectivity index (χ3n) is 5.18. The van der Waals surface area contributed by atoms with Gasteiger partial charge in [0.1, 0.15) is 12.0 Å². The number of benzene rings is 2. The van der Waals surface area contributed by atoms with Crippen molar-refractivity contribution in [2.45, 2.75) is 50.8 Å². The Balaban J connectivity index is 1.93. The van der Waals surface area contributed by atoms with Gasteiger partial charge in [-0.25, -0.2) is 4.39 Å². The molecule has 2 nitrogen and oxygen atoms in total. The predicted octanol–water partition coefficient (Wildman–Crippen LogP) is 5.90. The molecule has 31 heavy (non-hydrogen) atoms. The van der Waals surface area contributed by atoms with Gasteiger partial charge < -0.3 is 5.32 Å². The second-order valence-corrected chi connectivity index (χ2v) is 7.76. The zero-order valence-electron chi connectivity index (χ0n) is 16.5. The molecule has 0 unspecified atom stereocenters. The van der Waals surface area contributed by atoms with E-state index >= 15 is 0 Å². The van der Waals surface area contributed by atoms with Crippen LogP contribution in [-0.2, 0) is 23.6 Å². The molecule has 9 heteroatoms. The minimum Gasteiger partial charge on any atom is -0.304 e. The van der Waals surface area contributed by atoms with Crippen LogP contribution in [0.25, 0.3) is 11.1 Å². The first-order valence-electron chi connectivity index (χ1n) is 9.63. The molecule has 1 saturated heterocycles. The van der Waals surface area contributed by atoms with Crippen molar-refractivity contribution in [1.82, 2.24) is 5.32 Å². The molecule has 0 spiro atoms. The summed E-state index contributed by atoms with van der Waals surface area (Å²) >= 11 is 0. The van der Waals surface area contributed by atoms with Crippen molar-refractivity contribution in [3.05, 3.63) is 58.7 Å². The molecule has 3 rings (SSSR count). The average Bonchev–Trinajstić information content (AvgIpc) is 3.10. The zero-order chi connectivity index (χ0) is 23.0. The van der Waals surface area contributed by atoms with Crippen LogP contribution in [0.3, 0.4) is 0 Å². The Morgan fingerprint density at radius 2 is 1.52 bits per heavy atom. The normalized spacial score (nSPS) is 19.6. The number of halogens is 7. The fraction of sp³-hybridized carbons (Fsp3) is 0.409. The highest BCUT2D eigenvalue weighted by Crippen LogP contribution is 2.37. The lowest BCUT2D eigenvalue weighted by Gasteiger charge is -2.15. The predicted molar refractivity (Wildman–Crippen MR) is 101 cm³/mol. The highest BCUT2D eigenvalue weighted by atomic mass is 19.4. The van der Waals surface area contributed by atoms with E-state index in [-0.39, 0.29) is 53.8 Å². The molecule has 2 aromatic rings. The highest BCUT2D eigenvalue weighted by molar-refractivity contribution is 5.84. The minimum absolute atomic E-state index is 0.00346. The van der Waals surface area contributed by atoms with Gasteiger partial charge in [-0.15, -0.1) is 0 Å². The van der Waals surface area contributed by atoms with Crippen molar-refractivity contribution in [3.63, 3.8) is 0 Å². The topological polar surface area (TPSA) is 29.1 Å². The summed E-state index contributed by atoms with van der Waals surface area (Å²) in [5.41, 5.74) is -1.55. The molecule has 1 aliphatic rings. The number of Topliss-reactive ketones (excluding diaryl/α,β-unsaturated/α-hetero) is 1. The van der Waals surface area contributed by atoms with Crippen LogP contribution in [0.5, 0.6) is 0 Å². The van der Waals surface area contributed by atoms with Crippen molar-refractivity contribution in [3.8, 4) is 11.1 Å². The van der Waals surface area contributed by atoms with Gasteiger partial charge in [0.2, 0.25) is 0 Å². The Morgan fingerprint density at radius 1 is 0.935 bits per heavy atom. The summed E-state index contributed by atoms with van der Waals surface area (Å²) in [5, 5.41) is 2.73. The van der Waals surface area contributed by atoms with Gasteiger partial charge in [0.25, 0.3) is 0 Å². The molecule has 1 N–H and O–H groups in total. The summed E-state index contributed by atoms with van der Waals surface area (Å²) in [6.07, 6.45) is -10.6. The van der Waals surface area contributed by atoms with Gasteiger partial charge in [0, 0.05) is 19.4 Å². The van der Waals surface area contributed by atoms with E-state index in [4.69, 9.17) is 0 Å². The summed E-state index contributed by atoms with van der Waals surface area (Å²) in [6, 6.07) is 5.47. The SMILES string of the molecule is Cc1cc(-c2cc(CCC(=O)[C@@H]3C[C@H](F)CN3)cc(C(F)(F)F)c2)cc(C(F)(F)F)c1. The largest absolute Gasteiger partial charge is 0.416 e. The summed E-state index contributed by atoms with van der Waals surface area (Å²) < 4.78 is 92.9. The number of alkyl halides is 7. The Morgan fingerprint density at radius 3 is 2.06 bits per heavy atom. The number of aryl methyl sites for hydroxylation is 2. The second-order valence-electron chi connectivity index (χ2n) is 7.76. The van der Waals surface area contributed by atoms with E-state index in [1.54, 1.807) is 0 Å². The number of rotatable bonds is 5. The molecule has 2 aromatic carbocycles. The molecule has 2 atom stereocenters. The molecule has 0 aliphatic carbocycles. The van der Waals surface area contributed by atoms with Crippen molar-refractivity contribution < 1.29 is 35.5 Å². The van der Waals surface area contributed by atoms with Crippen molar-refractivity contribution >= 4 is 5.78 Å². The summed E-state index contributed by atoms with van der Waals surface area (Å²) in [4.78, 5) is 12.2. The lowest BCUT2D eigenvalue weighted by atomic mass is 9.94. The van der Waals surface area contributed by atoms with Crippen LogP contribution in [0.1, 0.15) is 35.1 Å². The van der Waals surface area contributed by atoms with Crippen LogP contribution >= 0.6 is 0 Å². The van der Waals surface area contributed by atoms with Gasteiger partial charge in [-0.05, 0) is 59.9 Å². The number of hydrogen-bond acceptors (Lipinski definition) is 2. The maximum atomic E-state index is 13.4.